The zero-order valence-corrected chi connectivity index (χ0v) is 10.4. The molecule has 1 heteroatoms. The molecule has 0 amide bonds. The van der Waals surface area contributed by atoms with Crippen molar-refractivity contribution < 1.29 is 0 Å². The van der Waals surface area contributed by atoms with Crippen LogP contribution in [0.1, 0.15) is 48.1 Å². The zero-order valence-electron chi connectivity index (χ0n) is 10.4. The van der Waals surface area contributed by atoms with E-state index in [9.17, 15) is 0 Å². The Balaban J connectivity index is 2.60. The second kappa shape index (κ2) is 3.64. The first kappa shape index (κ1) is 10.7. The lowest BCUT2D eigenvalue weighted by Crippen LogP contribution is -2.20. The molecule has 0 spiro atoms. The van der Waals surface area contributed by atoms with Crippen molar-refractivity contribution in [2.75, 3.05) is 7.05 Å². The molecule has 1 aromatic rings. The number of rotatable bonds is 1. The summed E-state index contributed by atoms with van der Waals surface area (Å²) in [4.78, 5) is 0. The monoisotopic (exact) mass is 203 g/mol. The fourth-order valence-electron chi connectivity index (χ4n) is 3.06. The molecule has 2 rings (SSSR count). The largest absolute Gasteiger partial charge is 0.313 e. The maximum Gasteiger partial charge on any atom is 0.0354 e. The summed E-state index contributed by atoms with van der Waals surface area (Å²) in [7, 11) is 2.07. The van der Waals surface area contributed by atoms with Crippen LogP contribution in [0.25, 0.3) is 0 Å². The summed E-state index contributed by atoms with van der Waals surface area (Å²) in [6.07, 6.45) is 0. The third-order valence-corrected chi connectivity index (χ3v) is 3.99. The maximum absolute atomic E-state index is 3.46. The van der Waals surface area contributed by atoms with Gasteiger partial charge in [0.2, 0.25) is 0 Å². The van der Waals surface area contributed by atoms with Gasteiger partial charge in [0, 0.05) is 6.04 Å². The van der Waals surface area contributed by atoms with Crippen LogP contribution < -0.4 is 5.32 Å². The summed E-state index contributed by atoms with van der Waals surface area (Å²) < 4.78 is 0. The van der Waals surface area contributed by atoms with Crippen molar-refractivity contribution in [1.29, 1.82) is 0 Å². The molecule has 3 atom stereocenters. The number of benzene rings is 1. The number of hydrogen-bond acceptors (Lipinski definition) is 1. The van der Waals surface area contributed by atoms with Gasteiger partial charge in [-0.05, 0) is 49.4 Å². The normalized spacial score (nSPS) is 29.3. The Bertz CT molecular complexity index is 381. The molecule has 1 aliphatic carbocycles. The van der Waals surface area contributed by atoms with Crippen LogP contribution in [-0.2, 0) is 0 Å². The van der Waals surface area contributed by atoms with Crippen LogP contribution in [-0.4, -0.2) is 7.05 Å². The van der Waals surface area contributed by atoms with Gasteiger partial charge in [-0.3, -0.25) is 0 Å². The smallest absolute Gasteiger partial charge is 0.0354 e. The highest BCUT2D eigenvalue weighted by molar-refractivity contribution is 5.46. The molecule has 0 heterocycles. The highest BCUT2D eigenvalue weighted by Gasteiger charge is 2.35. The molecule has 1 nitrogen and oxygen atoms in total. The van der Waals surface area contributed by atoms with E-state index in [2.05, 4.69) is 52.2 Å². The Labute approximate surface area is 92.9 Å². The summed E-state index contributed by atoms with van der Waals surface area (Å²) in [6.45, 7) is 9.12. The van der Waals surface area contributed by atoms with Crippen molar-refractivity contribution in [2.24, 2.45) is 5.92 Å². The van der Waals surface area contributed by atoms with Gasteiger partial charge in [0.1, 0.15) is 0 Å². The second-order valence-corrected chi connectivity index (χ2v) is 5.00. The molecule has 1 aliphatic rings. The van der Waals surface area contributed by atoms with Gasteiger partial charge in [0.15, 0.2) is 0 Å². The summed E-state index contributed by atoms with van der Waals surface area (Å²) >= 11 is 0. The number of nitrogens with one attached hydrogen (secondary N) is 1. The van der Waals surface area contributed by atoms with Gasteiger partial charge in [0.05, 0.1) is 0 Å². The van der Waals surface area contributed by atoms with Crippen LogP contribution in [0, 0.1) is 19.8 Å². The Hall–Kier alpha value is -0.820. The Morgan fingerprint density at radius 1 is 1.13 bits per heavy atom. The van der Waals surface area contributed by atoms with Crippen LogP contribution in [0.2, 0.25) is 0 Å². The van der Waals surface area contributed by atoms with Gasteiger partial charge >= 0.3 is 0 Å². The van der Waals surface area contributed by atoms with E-state index in [0.29, 0.717) is 17.9 Å². The molecule has 0 saturated heterocycles. The predicted molar refractivity (Wildman–Crippen MR) is 65.3 cm³/mol. The first-order valence-corrected chi connectivity index (χ1v) is 5.84. The Morgan fingerprint density at radius 2 is 1.80 bits per heavy atom. The van der Waals surface area contributed by atoms with E-state index in [4.69, 9.17) is 0 Å². The van der Waals surface area contributed by atoms with Gasteiger partial charge in [-0.1, -0.05) is 31.5 Å². The molecule has 82 valence electrons. The maximum atomic E-state index is 3.46. The second-order valence-electron chi connectivity index (χ2n) is 5.00. The molecular weight excluding hydrogens is 182 g/mol. The predicted octanol–water partition coefficient (Wildman–Crippen LogP) is 3.32. The lowest BCUT2D eigenvalue weighted by atomic mass is 9.94. The van der Waals surface area contributed by atoms with E-state index in [-0.39, 0.29) is 0 Å². The van der Waals surface area contributed by atoms with Crippen LogP contribution in [0.3, 0.4) is 0 Å². The van der Waals surface area contributed by atoms with E-state index in [1.54, 1.807) is 11.1 Å². The minimum Gasteiger partial charge on any atom is -0.313 e. The molecule has 0 bridgehead atoms. The lowest BCUT2D eigenvalue weighted by molar-refractivity contribution is 0.401. The molecule has 1 aromatic carbocycles. The van der Waals surface area contributed by atoms with Gasteiger partial charge in [0.25, 0.3) is 0 Å². The lowest BCUT2D eigenvalue weighted by Gasteiger charge is -2.18. The Kier molecular flexibility index (Phi) is 2.59. The van der Waals surface area contributed by atoms with Crippen LogP contribution in [0.5, 0.6) is 0 Å². The first-order chi connectivity index (χ1) is 7.06. The van der Waals surface area contributed by atoms with Gasteiger partial charge in [-0.15, -0.1) is 0 Å². The van der Waals surface area contributed by atoms with Gasteiger partial charge < -0.3 is 5.32 Å². The summed E-state index contributed by atoms with van der Waals surface area (Å²) in [5, 5.41) is 3.46. The van der Waals surface area contributed by atoms with Crippen molar-refractivity contribution in [3.05, 3.63) is 34.4 Å². The average molecular weight is 203 g/mol. The zero-order chi connectivity index (χ0) is 11.2. The van der Waals surface area contributed by atoms with Crippen molar-refractivity contribution in [1.82, 2.24) is 5.32 Å². The van der Waals surface area contributed by atoms with Crippen molar-refractivity contribution >= 4 is 0 Å². The summed E-state index contributed by atoms with van der Waals surface area (Å²) in [5.41, 5.74) is 5.94. The fourth-order valence-corrected chi connectivity index (χ4v) is 3.06. The van der Waals surface area contributed by atoms with Crippen LogP contribution >= 0.6 is 0 Å². The highest BCUT2D eigenvalue weighted by Crippen LogP contribution is 2.46. The minimum absolute atomic E-state index is 0.538. The molecule has 3 unspecified atom stereocenters. The molecule has 1 N–H and O–H groups in total. The van der Waals surface area contributed by atoms with Crippen LogP contribution in [0.4, 0.5) is 0 Å². The number of aryl methyl sites for hydroxylation is 2. The third kappa shape index (κ3) is 1.50. The van der Waals surface area contributed by atoms with E-state index < -0.39 is 0 Å². The molecule has 0 saturated carbocycles. The first-order valence-electron chi connectivity index (χ1n) is 5.84. The van der Waals surface area contributed by atoms with Crippen molar-refractivity contribution in [3.63, 3.8) is 0 Å². The van der Waals surface area contributed by atoms with E-state index >= 15 is 0 Å². The molecule has 0 aromatic heterocycles. The van der Waals surface area contributed by atoms with Gasteiger partial charge in [-0.2, -0.15) is 0 Å². The molecule has 0 radical (unpaired) electrons. The highest BCUT2D eigenvalue weighted by atomic mass is 14.9. The summed E-state index contributed by atoms with van der Waals surface area (Å²) in [6, 6.07) is 5.20. The number of fused-ring (bicyclic) bond motifs is 1. The quantitative estimate of drug-likeness (QED) is 0.738. The van der Waals surface area contributed by atoms with E-state index in [1.165, 1.54) is 11.1 Å². The van der Waals surface area contributed by atoms with Gasteiger partial charge in [-0.25, -0.2) is 0 Å². The molecule has 15 heavy (non-hydrogen) atoms. The van der Waals surface area contributed by atoms with E-state index in [1.807, 2.05) is 0 Å². The number of hydrogen-bond donors (Lipinski definition) is 1. The molecular formula is C14H21N. The topological polar surface area (TPSA) is 12.0 Å². The van der Waals surface area contributed by atoms with Crippen molar-refractivity contribution in [2.45, 2.75) is 39.7 Å². The minimum atomic E-state index is 0.538. The van der Waals surface area contributed by atoms with Crippen LogP contribution in [0.15, 0.2) is 12.1 Å². The molecule has 0 fully saturated rings. The standard InChI is InChI=1S/C14H21N/c1-8-6-9(2)13-12(7-8)10(3)11(4)14(13)15-5/h6-7,10-11,14-15H,1-5H3. The fraction of sp³-hybridized carbons (Fsp3) is 0.571. The average Bonchev–Trinajstić information content (AvgIpc) is 2.42. The Morgan fingerprint density at radius 3 is 2.40 bits per heavy atom. The SMILES string of the molecule is CNC1c2c(C)cc(C)cc2C(C)C1C. The molecule has 0 aliphatic heterocycles. The van der Waals surface area contributed by atoms with E-state index in [0.717, 1.165) is 0 Å². The van der Waals surface area contributed by atoms with Crippen molar-refractivity contribution in [3.8, 4) is 0 Å². The third-order valence-electron chi connectivity index (χ3n) is 3.99. The summed E-state index contributed by atoms with van der Waals surface area (Å²) in [5.74, 6) is 1.38.